The van der Waals surface area contributed by atoms with Crippen molar-refractivity contribution in [1.29, 1.82) is 0 Å². The predicted molar refractivity (Wildman–Crippen MR) is 103 cm³/mol. The number of rotatable bonds is 5. The molecular formula is C21H26N2O2. The molecule has 0 bridgehead atoms. The van der Waals surface area contributed by atoms with E-state index in [0.29, 0.717) is 5.69 Å². The number of hydrogen-bond acceptors (Lipinski definition) is 2. The van der Waals surface area contributed by atoms with Gasteiger partial charge in [-0.1, -0.05) is 64.1 Å². The summed E-state index contributed by atoms with van der Waals surface area (Å²) in [7, 11) is 0. The lowest BCUT2D eigenvalue weighted by Crippen LogP contribution is -2.30. The molecule has 0 unspecified atom stereocenters. The molecule has 4 heteroatoms. The van der Waals surface area contributed by atoms with Crippen molar-refractivity contribution < 1.29 is 9.59 Å². The van der Waals surface area contributed by atoms with E-state index in [1.807, 2.05) is 56.3 Å². The molecule has 132 valence electrons. The molecule has 2 aromatic rings. The molecule has 0 aromatic heterocycles. The topological polar surface area (TPSA) is 58.2 Å². The van der Waals surface area contributed by atoms with E-state index in [2.05, 4.69) is 24.5 Å². The van der Waals surface area contributed by atoms with E-state index in [4.69, 9.17) is 0 Å². The molecule has 2 aromatic carbocycles. The lowest BCUT2D eigenvalue weighted by molar-refractivity contribution is -0.133. The molecule has 0 atom stereocenters. The number of anilines is 2. The van der Waals surface area contributed by atoms with E-state index in [-0.39, 0.29) is 5.92 Å². The number of hydrogen-bond donors (Lipinski definition) is 2. The quantitative estimate of drug-likeness (QED) is 0.788. The summed E-state index contributed by atoms with van der Waals surface area (Å²) in [6, 6.07) is 13.5. The number of nitrogens with one attached hydrogen (secondary N) is 2. The van der Waals surface area contributed by atoms with Crippen LogP contribution < -0.4 is 10.6 Å². The first kappa shape index (κ1) is 18.7. The van der Waals surface area contributed by atoms with Crippen LogP contribution in [0.15, 0.2) is 42.5 Å². The average Bonchev–Trinajstić information content (AvgIpc) is 2.61. The summed E-state index contributed by atoms with van der Waals surface area (Å²) in [4.78, 5) is 24.8. The predicted octanol–water partition coefficient (Wildman–Crippen LogP) is 4.51. The van der Waals surface area contributed by atoms with Crippen LogP contribution in [0.25, 0.3) is 0 Å². The van der Waals surface area contributed by atoms with E-state index in [9.17, 15) is 9.59 Å². The summed E-state index contributed by atoms with van der Waals surface area (Å²) in [5.41, 5.74) is 4.50. The van der Waals surface area contributed by atoms with Crippen LogP contribution in [0.5, 0.6) is 0 Å². The number of aryl methyl sites for hydroxylation is 2. The Hall–Kier alpha value is -2.62. The first-order chi connectivity index (χ1) is 12.0. The SMILES string of the molecule is CCc1cccc(CC)c1NC(=O)C(=O)Nc1ccccc1C(C)C. The largest absolute Gasteiger partial charge is 0.318 e. The Kier molecular flexibility index (Phi) is 6.34. The highest BCUT2D eigenvalue weighted by molar-refractivity contribution is 6.43. The Morgan fingerprint density at radius 2 is 1.40 bits per heavy atom. The monoisotopic (exact) mass is 338 g/mol. The van der Waals surface area contributed by atoms with E-state index in [1.54, 1.807) is 0 Å². The zero-order valence-corrected chi connectivity index (χ0v) is 15.3. The lowest BCUT2D eigenvalue weighted by Gasteiger charge is -2.16. The molecule has 0 aliphatic rings. The fourth-order valence-electron chi connectivity index (χ4n) is 2.87. The second-order valence-electron chi connectivity index (χ2n) is 6.31. The molecule has 0 spiro atoms. The third-order valence-corrected chi connectivity index (χ3v) is 4.27. The smallest absolute Gasteiger partial charge is 0.314 e. The van der Waals surface area contributed by atoms with Gasteiger partial charge in [0.2, 0.25) is 0 Å². The van der Waals surface area contributed by atoms with Gasteiger partial charge in [0, 0.05) is 11.4 Å². The summed E-state index contributed by atoms with van der Waals surface area (Å²) < 4.78 is 0. The van der Waals surface area contributed by atoms with Gasteiger partial charge in [-0.25, -0.2) is 0 Å². The minimum Gasteiger partial charge on any atom is -0.318 e. The molecule has 0 fully saturated rings. The van der Waals surface area contributed by atoms with E-state index < -0.39 is 11.8 Å². The molecule has 2 N–H and O–H groups in total. The van der Waals surface area contributed by atoms with Gasteiger partial charge in [0.25, 0.3) is 0 Å². The molecule has 4 nitrogen and oxygen atoms in total. The van der Waals surface area contributed by atoms with Gasteiger partial charge in [-0.2, -0.15) is 0 Å². The van der Waals surface area contributed by atoms with Crippen LogP contribution in [0.4, 0.5) is 11.4 Å². The Morgan fingerprint density at radius 1 is 0.840 bits per heavy atom. The second-order valence-corrected chi connectivity index (χ2v) is 6.31. The van der Waals surface area contributed by atoms with Crippen LogP contribution in [0.3, 0.4) is 0 Å². The van der Waals surface area contributed by atoms with Crippen molar-refractivity contribution in [1.82, 2.24) is 0 Å². The number of benzene rings is 2. The first-order valence-corrected chi connectivity index (χ1v) is 8.79. The molecule has 0 radical (unpaired) electrons. The van der Waals surface area contributed by atoms with E-state index in [0.717, 1.165) is 35.2 Å². The molecule has 0 saturated heterocycles. The zero-order valence-electron chi connectivity index (χ0n) is 15.3. The fraction of sp³-hybridized carbons (Fsp3) is 0.333. The van der Waals surface area contributed by atoms with Crippen molar-refractivity contribution in [3.05, 3.63) is 59.2 Å². The third kappa shape index (κ3) is 4.47. The minimum atomic E-state index is -0.652. The van der Waals surface area contributed by atoms with Crippen LogP contribution >= 0.6 is 0 Å². The average molecular weight is 338 g/mol. The standard InChI is InChI=1S/C21H26N2O2/c1-5-15-10-9-11-16(6-2)19(15)23-21(25)20(24)22-18-13-8-7-12-17(18)14(3)4/h7-14H,5-6H2,1-4H3,(H,22,24)(H,23,25). The zero-order chi connectivity index (χ0) is 18.4. The van der Waals surface area contributed by atoms with Crippen molar-refractivity contribution in [3.63, 3.8) is 0 Å². The van der Waals surface area contributed by atoms with Gasteiger partial charge in [0.15, 0.2) is 0 Å². The highest BCUT2D eigenvalue weighted by Crippen LogP contribution is 2.25. The van der Waals surface area contributed by atoms with E-state index in [1.165, 1.54) is 0 Å². The second kappa shape index (κ2) is 8.47. The van der Waals surface area contributed by atoms with E-state index >= 15 is 0 Å². The maximum Gasteiger partial charge on any atom is 0.314 e. The molecule has 2 amide bonds. The molecular weight excluding hydrogens is 312 g/mol. The molecule has 0 saturated carbocycles. The molecule has 25 heavy (non-hydrogen) atoms. The summed E-state index contributed by atoms with van der Waals surface area (Å²) in [6.07, 6.45) is 1.59. The van der Waals surface area contributed by atoms with Crippen LogP contribution in [0, 0.1) is 0 Å². The van der Waals surface area contributed by atoms with Gasteiger partial charge in [-0.05, 0) is 41.5 Å². The maximum absolute atomic E-state index is 12.4. The maximum atomic E-state index is 12.4. The molecule has 0 heterocycles. The number of para-hydroxylation sites is 2. The summed E-state index contributed by atoms with van der Waals surface area (Å²) in [6.45, 7) is 8.17. The van der Waals surface area contributed by atoms with Gasteiger partial charge < -0.3 is 10.6 Å². The van der Waals surface area contributed by atoms with Gasteiger partial charge in [-0.3, -0.25) is 9.59 Å². The Bertz CT molecular complexity index is 744. The Morgan fingerprint density at radius 3 is 1.96 bits per heavy atom. The fourth-order valence-corrected chi connectivity index (χ4v) is 2.87. The Balaban J connectivity index is 2.19. The van der Waals surface area contributed by atoms with Crippen LogP contribution in [-0.4, -0.2) is 11.8 Å². The Labute approximate surface area is 149 Å². The number of carbonyl (C=O) groups is 2. The summed E-state index contributed by atoms with van der Waals surface area (Å²) in [5.74, 6) is -1.04. The highest BCUT2D eigenvalue weighted by atomic mass is 16.2. The highest BCUT2D eigenvalue weighted by Gasteiger charge is 2.18. The van der Waals surface area contributed by atoms with Crippen molar-refractivity contribution in [2.45, 2.75) is 46.5 Å². The minimum absolute atomic E-state index is 0.257. The summed E-state index contributed by atoms with van der Waals surface area (Å²) >= 11 is 0. The van der Waals surface area contributed by atoms with Gasteiger partial charge in [-0.15, -0.1) is 0 Å². The number of amides is 2. The lowest BCUT2D eigenvalue weighted by atomic mass is 10.0. The van der Waals surface area contributed by atoms with Crippen molar-refractivity contribution >= 4 is 23.2 Å². The van der Waals surface area contributed by atoms with Crippen LogP contribution in [0.1, 0.15) is 50.3 Å². The van der Waals surface area contributed by atoms with Crippen LogP contribution in [0.2, 0.25) is 0 Å². The molecule has 0 aliphatic carbocycles. The molecule has 2 rings (SSSR count). The van der Waals surface area contributed by atoms with Gasteiger partial charge in [0.05, 0.1) is 0 Å². The third-order valence-electron chi connectivity index (χ3n) is 4.27. The van der Waals surface area contributed by atoms with Crippen molar-refractivity contribution in [3.8, 4) is 0 Å². The van der Waals surface area contributed by atoms with Gasteiger partial charge >= 0.3 is 11.8 Å². The normalized spacial score (nSPS) is 10.6. The van der Waals surface area contributed by atoms with Gasteiger partial charge in [0.1, 0.15) is 0 Å². The first-order valence-electron chi connectivity index (χ1n) is 8.79. The molecule has 0 aliphatic heterocycles. The number of carbonyl (C=O) groups excluding carboxylic acids is 2. The van der Waals surface area contributed by atoms with Crippen LogP contribution in [-0.2, 0) is 22.4 Å². The summed E-state index contributed by atoms with van der Waals surface area (Å²) in [5, 5.41) is 5.53. The van der Waals surface area contributed by atoms with Crippen molar-refractivity contribution in [2.24, 2.45) is 0 Å². The van der Waals surface area contributed by atoms with Crippen molar-refractivity contribution in [2.75, 3.05) is 10.6 Å².